The van der Waals surface area contributed by atoms with Gasteiger partial charge in [-0.1, -0.05) is 73.8 Å². The van der Waals surface area contributed by atoms with E-state index in [0.717, 1.165) is 23.3 Å². The zero-order chi connectivity index (χ0) is 45.3. The van der Waals surface area contributed by atoms with Gasteiger partial charge >= 0.3 is 35.8 Å². The minimum atomic E-state index is -0.519. The maximum Gasteiger partial charge on any atom is 0.330 e. The number of aromatic nitrogens is 2. The van der Waals surface area contributed by atoms with Crippen molar-refractivity contribution in [1.29, 1.82) is 0 Å². The molecule has 2 aliphatic rings. The zero-order valence-corrected chi connectivity index (χ0v) is 35.9. The quantitative estimate of drug-likeness (QED) is 0.0271. The van der Waals surface area contributed by atoms with Crippen molar-refractivity contribution in [2.75, 3.05) is 26.4 Å². The molecule has 336 valence electrons. The number of hydrogen-bond acceptors (Lipinski definition) is 14. The van der Waals surface area contributed by atoms with E-state index in [0.29, 0.717) is 99.5 Å². The van der Waals surface area contributed by atoms with E-state index in [1.807, 2.05) is 60.7 Å². The van der Waals surface area contributed by atoms with Crippen molar-refractivity contribution in [2.45, 2.75) is 77.0 Å². The Hall–Kier alpha value is -6.70. The first-order valence-corrected chi connectivity index (χ1v) is 21.9. The van der Waals surface area contributed by atoms with Crippen LogP contribution in [0.2, 0.25) is 0 Å². The van der Waals surface area contributed by atoms with Crippen molar-refractivity contribution in [3.63, 3.8) is 0 Å². The van der Waals surface area contributed by atoms with Crippen LogP contribution >= 0.6 is 0 Å². The number of unbranched alkanes of at least 4 members (excludes halogenated alkanes) is 2. The molecule has 0 spiro atoms. The maximum atomic E-state index is 13.9. The molecule has 4 aromatic rings. The Labute approximate surface area is 372 Å². The lowest BCUT2D eigenvalue weighted by molar-refractivity contribution is -0.152. The van der Waals surface area contributed by atoms with Crippen LogP contribution in [0.1, 0.15) is 77.0 Å². The Morgan fingerprint density at radius 2 is 0.891 bits per heavy atom. The molecule has 3 aromatic carbocycles. The van der Waals surface area contributed by atoms with Crippen LogP contribution in [0.4, 0.5) is 0 Å². The second kappa shape index (κ2) is 23.7. The number of fused-ring (bicyclic) bond motifs is 1. The van der Waals surface area contributed by atoms with E-state index in [-0.39, 0.29) is 61.7 Å². The van der Waals surface area contributed by atoms with Gasteiger partial charge in [0.25, 0.3) is 0 Å². The molecule has 0 radical (unpaired) electrons. The van der Waals surface area contributed by atoms with Crippen LogP contribution in [0.25, 0.3) is 33.5 Å². The number of ether oxygens (including phenoxy) is 6. The summed E-state index contributed by atoms with van der Waals surface area (Å²) in [6.07, 6.45) is 7.70. The fraction of sp³-hybridized carbons (Fsp3) is 0.400. The number of hydrogen-bond donors (Lipinski definition) is 0. The molecule has 0 bridgehead atoms. The number of nitrogens with zero attached hydrogens (tertiary/aromatic N) is 2. The predicted molar refractivity (Wildman–Crippen MR) is 235 cm³/mol. The second-order valence-corrected chi connectivity index (χ2v) is 15.9. The van der Waals surface area contributed by atoms with E-state index < -0.39 is 35.7 Å². The number of rotatable bonds is 20. The molecule has 14 heteroatoms. The smallest absolute Gasteiger partial charge is 0.330 e. The average Bonchev–Trinajstić information content (AvgIpc) is 3.33. The highest BCUT2D eigenvalue weighted by Crippen LogP contribution is 2.40. The molecule has 0 saturated heterocycles. The molecule has 6 rings (SSSR count). The molecule has 1 aromatic heterocycles. The minimum Gasteiger partial charge on any atom is -0.465 e. The van der Waals surface area contributed by atoms with Crippen molar-refractivity contribution < 1.29 is 57.2 Å². The standard InChI is InChI=1S/C50H54N2O12/c1-3-43(53)59-27-11-13-29-61-47(55)35-19-23-37(24-20-35)49(57)63-41-31-39-40(51-46(34-17-9-6-10-18-34)52-45(39)33-15-7-5-8-16-33)32-42(41)64-50(58)38-25-21-36(22-26-38)48(56)62-30-14-12-28-60-44(54)4-2/h3-10,15-18,31-32,35-38H,1-2,11-14,19-30H2. The summed E-state index contributed by atoms with van der Waals surface area (Å²) >= 11 is 0. The molecule has 64 heavy (non-hydrogen) atoms. The molecule has 0 atom stereocenters. The van der Waals surface area contributed by atoms with Crippen molar-refractivity contribution in [3.8, 4) is 34.1 Å². The normalized spacial score (nSPS) is 18.2. The van der Waals surface area contributed by atoms with Crippen molar-refractivity contribution in [1.82, 2.24) is 9.97 Å². The van der Waals surface area contributed by atoms with Crippen molar-refractivity contribution in [2.24, 2.45) is 23.7 Å². The first-order chi connectivity index (χ1) is 31.1. The summed E-state index contributed by atoms with van der Waals surface area (Å²) in [6.45, 7) is 7.54. The lowest BCUT2D eigenvalue weighted by Crippen LogP contribution is -2.30. The lowest BCUT2D eigenvalue weighted by atomic mass is 9.82. The molecule has 2 aliphatic carbocycles. The van der Waals surface area contributed by atoms with Crippen LogP contribution in [0.3, 0.4) is 0 Å². The minimum absolute atomic E-state index is 0.0272. The van der Waals surface area contributed by atoms with E-state index in [4.69, 9.17) is 38.4 Å². The van der Waals surface area contributed by atoms with Gasteiger partial charge in [0.05, 0.1) is 61.3 Å². The van der Waals surface area contributed by atoms with Crippen molar-refractivity contribution >= 4 is 46.7 Å². The number of benzene rings is 3. The van der Waals surface area contributed by atoms with Gasteiger partial charge in [-0.15, -0.1) is 0 Å². The number of carbonyl (C=O) groups is 6. The van der Waals surface area contributed by atoms with Crippen LogP contribution < -0.4 is 9.47 Å². The van der Waals surface area contributed by atoms with E-state index >= 15 is 0 Å². The van der Waals surface area contributed by atoms with E-state index in [1.54, 1.807) is 12.1 Å². The van der Waals surface area contributed by atoms with Crippen LogP contribution in [0.5, 0.6) is 11.5 Å². The van der Waals surface area contributed by atoms with Gasteiger partial charge in [0.15, 0.2) is 17.3 Å². The zero-order valence-electron chi connectivity index (χ0n) is 35.9. The van der Waals surface area contributed by atoms with Gasteiger partial charge in [-0.05, 0) is 83.1 Å². The van der Waals surface area contributed by atoms with Crippen LogP contribution in [-0.2, 0) is 47.7 Å². The molecule has 2 fully saturated rings. The second-order valence-electron chi connectivity index (χ2n) is 15.9. The Morgan fingerprint density at radius 3 is 1.33 bits per heavy atom. The third kappa shape index (κ3) is 13.2. The number of carbonyl (C=O) groups excluding carboxylic acids is 6. The Bertz CT molecular complexity index is 2280. The summed E-state index contributed by atoms with van der Waals surface area (Å²) in [5, 5.41) is 0.579. The van der Waals surface area contributed by atoms with Gasteiger partial charge in [0.1, 0.15) is 0 Å². The summed E-state index contributed by atoms with van der Waals surface area (Å²) in [5.41, 5.74) is 2.65. The van der Waals surface area contributed by atoms with Gasteiger partial charge in [-0.2, -0.15) is 0 Å². The summed E-state index contributed by atoms with van der Waals surface area (Å²) in [4.78, 5) is 85.7. The van der Waals surface area contributed by atoms with Gasteiger partial charge in [-0.3, -0.25) is 19.2 Å². The highest BCUT2D eigenvalue weighted by Gasteiger charge is 2.35. The Kier molecular flexibility index (Phi) is 17.3. The molecule has 14 nitrogen and oxygen atoms in total. The SMILES string of the molecule is C=CC(=O)OCCCCOC(=O)C1CCC(C(=O)Oc2cc3nc(-c4ccccc4)nc(-c4ccccc4)c3cc2OC(=O)C2CCC(C(=O)OCCCCOC(=O)C=C)CC2)CC1. The number of esters is 6. The fourth-order valence-corrected chi connectivity index (χ4v) is 7.79. The fourth-order valence-electron chi connectivity index (χ4n) is 7.79. The van der Waals surface area contributed by atoms with Crippen molar-refractivity contribution in [3.05, 3.63) is 98.1 Å². The predicted octanol–water partition coefficient (Wildman–Crippen LogP) is 8.49. The Balaban J connectivity index is 1.15. The van der Waals surface area contributed by atoms with Gasteiger partial charge in [-0.25, -0.2) is 19.6 Å². The van der Waals surface area contributed by atoms with Crippen LogP contribution in [-0.4, -0.2) is 72.2 Å². The molecule has 0 N–H and O–H groups in total. The summed E-state index contributed by atoms with van der Waals surface area (Å²) in [7, 11) is 0. The maximum absolute atomic E-state index is 13.9. The van der Waals surface area contributed by atoms with E-state index in [1.165, 1.54) is 0 Å². The van der Waals surface area contributed by atoms with Crippen LogP contribution in [0, 0.1) is 23.7 Å². The van der Waals surface area contributed by atoms with Gasteiger partial charge in [0.2, 0.25) is 0 Å². The average molecular weight is 875 g/mol. The summed E-state index contributed by atoms with van der Waals surface area (Å²) in [5.74, 6) is -3.91. The first kappa shape index (κ1) is 46.8. The third-order valence-corrected chi connectivity index (χ3v) is 11.4. The summed E-state index contributed by atoms with van der Waals surface area (Å²) in [6, 6.07) is 22.3. The topological polar surface area (TPSA) is 184 Å². The molecule has 2 saturated carbocycles. The molecular weight excluding hydrogens is 821 g/mol. The highest BCUT2D eigenvalue weighted by atomic mass is 16.6. The Morgan fingerprint density at radius 1 is 0.500 bits per heavy atom. The van der Waals surface area contributed by atoms with E-state index in [2.05, 4.69) is 13.2 Å². The summed E-state index contributed by atoms with van der Waals surface area (Å²) < 4.78 is 33.1. The molecule has 1 heterocycles. The molecule has 0 amide bonds. The first-order valence-electron chi connectivity index (χ1n) is 21.9. The highest BCUT2D eigenvalue weighted by molar-refractivity contribution is 5.97. The lowest BCUT2D eigenvalue weighted by Gasteiger charge is -2.27. The molecule has 0 unspecified atom stereocenters. The molecular formula is C50H54N2O12. The van der Waals surface area contributed by atoms with Gasteiger partial charge in [0, 0.05) is 34.7 Å². The largest absolute Gasteiger partial charge is 0.465 e. The van der Waals surface area contributed by atoms with Gasteiger partial charge < -0.3 is 28.4 Å². The monoisotopic (exact) mass is 874 g/mol. The third-order valence-electron chi connectivity index (χ3n) is 11.4. The van der Waals surface area contributed by atoms with Crippen LogP contribution in [0.15, 0.2) is 98.1 Å². The van der Waals surface area contributed by atoms with E-state index in [9.17, 15) is 28.8 Å². The molecule has 0 aliphatic heterocycles.